The van der Waals surface area contributed by atoms with Crippen LogP contribution in [0, 0.1) is 0 Å². The van der Waals surface area contributed by atoms with Crippen LogP contribution in [0.2, 0.25) is 0 Å². The highest BCUT2D eigenvalue weighted by Gasteiger charge is 2.43. The largest absolute Gasteiger partial charge is 0.508 e. The SMILES string of the molecule is O=C(/C=C/c1ccccc1)C1=C(O)C(=O)N(Cc2ccco2)C1c1ccc(O)cc1. The topological polar surface area (TPSA) is 91.0 Å². The summed E-state index contributed by atoms with van der Waals surface area (Å²) in [6, 6.07) is 18.1. The van der Waals surface area contributed by atoms with Crippen LogP contribution in [-0.4, -0.2) is 26.8 Å². The maximum absolute atomic E-state index is 13.0. The minimum atomic E-state index is -0.809. The zero-order chi connectivity index (χ0) is 21.1. The molecule has 1 aliphatic heterocycles. The number of phenolic OH excluding ortho intramolecular Hbond substituents is 1. The van der Waals surface area contributed by atoms with Crippen LogP contribution in [0.25, 0.3) is 6.08 Å². The minimum absolute atomic E-state index is 0.00979. The average Bonchev–Trinajstić information content (AvgIpc) is 3.36. The number of aromatic hydroxyl groups is 1. The van der Waals surface area contributed by atoms with Crippen molar-refractivity contribution in [3.8, 4) is 5.75 Å². The number of hydrogen-bond donors (Lipinski definition) is 2. The van der Waals surface area contributed by atoms with Crippen molar-refractivity contribution in [2.75, 3.05) is 0 Å². The Kier molecular flexibility index (Phi) is 5.22. The van der Waals surface area contributed by atoms with Crippen LogP contribution in [0.5, 0.6) is 5.75 Å². The van der Waals surface area contributed by atoms with Gasteiger partial charge < -0.3 is 19.5 Å². The van der Waals surface area contributed by atoms with E-state index < -0.39 is 23.5 Å². The van der Waals surface area contributed by atoms with Gasteiger partial charge in [0.05, 0.1) is 24.4 Å². The molecule has 1 aliphatic rings. The first-order valence-electron chi connectivity index (χ1n) is 9.37. The van der Waals surface area contributed by atoms with Crippen molar-refractivity contribution < 1.29 is 24.2 Å². The number of aliphatic hydroxyl groups excluding tert-OH is 1. The Labute approximate surface area is 173 Å². The fourth-order valence-corrected chi connectivity index (χ4v) is 3.47. The first-order valence-corrected chi connectivity index (χ1v) is 9.37. The average molecular weight is 401 g/mol. The number of nitrogens with zero attached hydrogens (tertiary/aromatic N) is 1. The lowest BCUT2D eigenvalue weighted by Crippen LogP contribution is -2.30. The zero-order valence-corrected chi connectivity index (χ0v) is 15.9. The molecule has 150 valence electrons. The molecular formula is C24H19NO5. The predicted molar refractivity (Wildman–Crippen MR) is 110 cm³/mol. The van der Waals surface area contributed by atoms with E-state index in [1.54, 1.807) is 30.3 Å². The summed E-state index contributed by atoms with van der Waals surface area (Å²) in [6.45, 7) is 0.0839. The molecule has 1 amide bonds. The maximum atomic E-state index is 13.0. The van der Waals surface area contributed by atoms with Gasteiger partial charge in [0.2, 0.25) is 0 Å². The van der Waals surface area contributed by atoms with Crippen LogP contribution in [0.1, 0.15) is 22.9 Å². The minimum Gasteiger partial charge on any atom is -0.508 e. The van der Waals surface area contributed by atoms with E-state index in [1.807, 2.05) is 30.3 Å². The molecule has 0 radical (unpaired) electrons. The van der Waals surface area contributed by atoms with Gasteiger partial charge >= 0.3 is 0 Å². The number of benzene rings is 2. The van der Waals surface area contributed by atoms with Gasteiger partial charge in [-0.1, -0.05) is 48.5 Å². The van der Waals surface area contributed by atoms with Gasteiger partial charge in [0.15, 0.2) is 11.5 Å². The molecule has 4 rings (SSSR count). The molecule has 0 spiro atoms. The molecule has 30 heavy (non-hydrogen) atoms. The summed E-state index contributed by atoms with van der Waals surface area (Å²) in [5.41, 5.74) is 1.40. The second-order valence-electron chi connectivity index (χ2n) is 6.88. The van der Waals surface area contributed by atoms with E-state index in [0.717, 1.165) is 5.56 Å². The van der Waals surface area contributed by atoms with Gasteiger partial charge in [-0.3, -0.25) is 9.59 Å². The Morgan fingerprint density at radius 1 is 1.00 bits per heavy atom. The van der Waals surface area contributed by atoms with Crippen molar-refractivity contribution in [3.05, 3.63) is 107 Å². The van der Waals surface area contributed by atoms with E-state index in [4.69, 9.17) is 4.42 Å². The molecule has 6 nitrogen and oxygen atoms in total. The fourth-order valence-electron chi connectivity index (χ4n) is 3.47. The van der Waals surface area contributed by atoms with Crippen LogP contribution < -0.4 is 0 Å². The summed E-state index contributed by atoms with van der Waals surface area (Å²) >= 11 is 0. The fraction of sp³-hybridized carbons (Fsp3) is 0.0833. The molecule has 6 heteroatoms. The number of allylic oxidation sites excluding steroid dienone is 1. The summed E-state index contributed by atoms with van der Waals surface area (Å²) in [6.07, 6.45) is 4.47. The van der Waals surface area contributed by atoms with Gasteiger partial charge in [0.25, 0.3) is 5.91 Å². The van der Waals surface area contributed by atoms with E-state index in [1.165, 1.54) is 29.4 Å². The van der Waals surface area contributed by atoms with Crippen LogP contribution in [0.4, 0.5) is 0 Å². The monoisotopic (exact) mass is 401 g/mol. The number of hydrogen-bond acceptors (Lipinski definition) is 5. The molecule has 0 aliphatic carbocycles. The van der Waals surface area contributed by atoms with Crippen molar-refractivity contribution in [2.45, 2.75) is 12.6 Å². The summed E-state index contributed by atoms with van der Waals surface area (Å²) in [5.74, 6) is -1.12. The van der Waals surface area contributed by atoms with Gasteiger partial charge in [0, 0.05) is 0 Å². The van der Waals surface area contributed by atoms with Gasteiger partial charge in [-0.15, -0.1) is 0 Å². The number of furan rings is 1. The van der Waals surface area contributed by atoms with Gasteiger partial charge in [-0.05, 0) is 41.5 Å². The number of ketones is 1. The van der Waals surface area contributed by atoms with Gasteiger partial charge in [0.1, 0.15) is 11.5 Å². The van der Waals surface area contributed by atoms with Crippen molar-refractivity contribution in [2.24, 2.45) is 0 Å². The van der Waals surface area contributed by atoms with Crippen LogP contribution >= 0.6 is 0 Å². The lowest BCUT2D eigenvalue weighted by Gasteiger charge is -2.25. The lowest BCUT2D eigenvalue weighted by atomic mass is 9.95. The molecule has 0 saturated carbocycles. The standard InChI is InChI=1S/C24H19NO5/c26-18-11-9-17(10-12-18)22-21(20(27)13-8-16-5-2-1-3-6-16)23(28)24(29)25(22)15-19-7-4-14-30-19/h1-14,22,26,28H,15H2/b13-8+. The highest BCUT2D eigenvalue weighted by atomic mass is 16.3. The summed E-state index contributed by atoms with van der Waals surface area (Å²) in [5, 5.41) is 20.2. The Balaban J connectivity index is 1.72. The predicted octanol–water partition coefficient (Wildman–Crippen LogP) is 4.16. The van der Waals surface area contributed by atoms with Crippen molar-refractivity contribution in [1.82, 2.24) is 4.90 Å². The Morgan fingerprint density at radius 2 is 1.73 bits per heavy atom. The third kappa shape index (κ3) is 3.75. The highest BCUT2D eigenvalue weighted by molar-refractivity contribution is 6.14. The van der Waals surface area contributed by atoms with Crippen molar-refractivity contribution in [1.29, 1.82) is 0 Å². The van der Waals surface area contributed by atoms with Crippen LogP contribution in [0.15, 0.2) is 94.8 Å². The molecule has 2 N–H and O–H groups in total. The number of phenols is 1. The quantitative estimate of drug-likeness (QED) is 0.605. The van der Waals surface area contributed by atoms with Gasteiger partial charge in [-0.25, -0.2) is 0 Å². The Hall–Kier alpha value is -4.06. The van der Waals surface area contributed by atoms with E-state index in [9.17, 15) is 19.8 Å². The number of carbonyl (C=O) groups excluding carboxylic acids is 2. The molecular weight excluding hydrogens is 382 g/mol. The molecule has 0 bridgehead atoms. The van der Waals surface area contributed by atoms with Crippen molar-refractivity contribution in [3.63, 3.8) is 0 Å². The van der Waals surface area contributed by atoms with Crippen LogP contribution in [0.3, 0.4) is 0 Å². The second-order valence-corrected chi connectivity index (χ2v) is 6.88. The molecule has 1 unspecified atom stereocenters. The third-order valence-electron chi connectivity index (χ3n) is 4.91. The molecule has 0 fully saturated rings. The van der Waals surface area contributed by atoms with E-state index >= 15 is 0 Å². The molecule has 0 saturated heterocycles. The van der Waals surface area contributed by atoms with E-state index in [0.29, 0.717) is 11.3 Å². The Bertz CT molecular complexity index is 1110. The molecule has 1 aromatic heterocycles. The first-order chi connectivity index (χ1) is 14.5. The highest BCUT2D eigenvalue weighted by Crippen LogP contribution is 2.39. The first kappa shape index (κ1) is 19.3. The lowest BCUT2D eigenvalue weighted by molar-refractivity contribution is -0.130. The van der Waals surface area contributed by atoms with E-state index in [2.05, 4.69) is 0 Å². The number of rotatable bonds is 6. The summed E-state index contributed by atoms with van der Waals surface area (Å²) < 4.78 is 5.35. The molecule has 2 aromatic carbocycles. The summed E-state index contributed by atoms with van der Waals surface area (Å²) in [4.78, 5) is 27.2. The maximum Gasteiger partial charge on any atom is 0.290 e. The third-order valence-corrected chi connectivity index (χ3v) is 4.91. The number of carbonyl (C=O) groups is 2. The van der Waals surface area contributed by atoms with E-state index in [-0.39, 0.29) is 17.9 Å². The molecule has 2 heterocycles. The zero-order valence-electron chi connectivity index (χ0n) is 15.9. The number of aliphatic hydroxyl groups is 1. The Morgan fingerprint density at radius 3 is 2.40 bits per heavy atom. The molecule has 1 atom stereocenters. The number of amides is 1. The van der Waals surface area contributed by atoms with Crippen molar-refractivity contribution >= 4 is 17.8 Å². The smallest absolute Gasteiger partial charge is 0.290 e. The molecule has 3 aromatic rings. The summed E-state index contributed by atoms with van der Waals surface area (Å²) in [7, 11) is 0. The van der Waals surface area contributed by atoms with Crippen LogP contribution in [-0.2, 0) is 16.1 Å². The second kappa shape index (κ2) is 8.13. The normalized spacial score (nSPS) is 16.6. The van der Waals surface area contributed by atoms with Gasteiger partial charge in [-0.2, -0.15) is 0 Å².